The van der Waals surface area contributed by atoms with Crippen LogP contribution in [-0.2, 0) is 6.54 Å². The zero-order chi connectivity index (χ0) is 20.1. The second kappa shape index (κ2) is 8.84. The summed E-state index contributed by atoms with van der Waals surface area (Å²) in [4.78, 5) is 26.5. The normalized spacial score (nSPS) is 14.5. The Hall–Kier alpha value is -2.93. The number of fused-ring (bicyclic) bond motifs is 1. The lowest BCUT2D eigenvalue weighted by atomic mass is 10.1. The summed E-state index contributed by atoms with van der Waals surface area (Å²) >= 11 is 0. The predicted molar refractivity (Wildman–Crippen MR) is 104 cm³/mol. The van der Waals surface area contributed by atoms with E-state index < -0.39 is 6.09 Å². The van der Waals surface area contributed by atoms with E-state index in [-0.39, 0.29) is 5.82 Å². The standard InChI is InChI=1S/C18H26N8O2/c1-24(2)8-5-9-25-12-20-15-16(25)21-14(10-19)22-17(15)26(23-18(27)28)11-13-6-3-4-7-13/h12-13,23H,3-9,11H2,1-2H3,(H,27,28). The lowest BCUT2D eigenvalue weighted by Crippen LogP contribution is -2.45. The quantitative estimate of drug-likeness (QED) is 0.659. The van der Waals surface area contributed by atoms with Gasteiger partial charge < -0.3 is 14.6 Å². The molecular formula is C18H26N8O2. The van der Waals surface area contributed by atoms with Gasteiger partial charge >= 0.3 is 6.09 Å². The number of nitrogens with one attached hydrogen (secondary N) is 1. The minimum atomic E-state index is -1.17. The SMILES string of the molecule is CN(C)CCCn1cnc2c(N(CC3CCCC3)NC(=O)O)nc(C#N)nc21. The minimum absolute atomic E-state index is 0.000435. The third kappa shape index (κ3) is 4.67. The lowest BCUT2D eigenvalue weighted by Gasteiger charge is -2.25. The van der Waals surface area contributed by atoms with Crippen molar-refractivity contribution in [3.05, 3.63) is 12.2 Å². The van der Waals surface area contributed by atoms with Crippen molar-refractivity contribution < 1.29 is 9.90 Å². The Bertz CT molecular complexity index is 866. The Morgan fingerprint density at radius 3 is 2.79 bits per heavy atom. The van der Waals surface area contributed by atoms with Gasteiger partial charge in [0.05, 0.1) is 6.33 Å². The fourth-order valence-corrected chi connectivity index (χ4v) is 3.64. The van der Waals surface area contributed by atoms with E-state index in [4.69, 9.17) is 0 Å². The van der Waals surface area contributed by atoms with E-state index >= 15 is 0 Å². The van der Waals surface area contributed by atoms with Crippen LogP contribution in [0.5, 0.6) is 0 Å². The molecule has 1 aliphatic rings. The summed E-state index contributed by atoms with van der Waals surface area (Å²) in [5.74, 6) is 0.715. The molecule has 1 amide bonds. The number of hydrogen-bond donors (Lipinski definition) is 2. The molecule has 2 N–H and O–H groups in total. The van der Waals surface area contributed by atoms with Gasteiger partial charge in [-0.1, -0.05) is 12.8 Å². The Morgan fingerprint density at radius 1 is 1.39 bits per heavy atom. The number of aromatic nitrogens is 4. The summed E-state index contributed by atoms with van der Waals surface area (Å²) in [6.45, 7) is 2.11. The van der Waals surface area contributed by atoms with Crippen molar-refractivity contribution in [3.8, 4) is 6.07 Å². The fourth-order valence-electron chi connectivity index (χ4n) is 3.64. The van der Waals surface area contributed by atoms with Crippen LogP contribution in [0, 0.1) is 17.2 Å². The molecule has 2 aromatic heterocycles. The monoisotopic (exact) mass is 386 g/mol. The van der Waals surface area contributed by atoms with Gasteiger partial charge in [0.2, 0.25) is 5.82 Å². The molecule has 150 valence electrons. The topological polar surface area (TPSA) is 123 Å². The summed E-state index contributed by atoms with van der Waals surface area (Å²) in [7, 11) is 4.02. The maximum Gasteiger partial charge on any atom is 0.423 e. The summed E-state index contributed by atoms with van der Waals surface area (Å²) in [6.07, 6.45) is 5.80. The smallest absolute Gasteiger partial charge is 0.423 e. The number of rotatable bonds is 8. The van der Waals surface area contributed by atoms with E-state index in [0.717, 1.165) is 38.6 Å². The highest BCUT2D eigenvalue weighted by atomic mass is 16.4. The average molecular weight is 386 g/mol. The highest BCUT2D eigenvalue weighted by Gasteiger charge is 2.25. The number of carboxylic acid groups (broad SMARTS) is 1. The van der Waals surface area contributed by atoms with Gasteiger partial charge in [0.25, 0.3) is 0 Å². The molecular weight excluding hydrogens is 360 g/mol. The number of nitrogens with zero attached hydrogens (tertiary/aromatic N) is 7. The molecule has 1 fully saturated rings. The van der Waals surface area contributed by atoms with Gasteiger partial charge in [0.1, 0.15) is 6.07 Å². The van der Waals surface area contributed by atoms with Crippen molar-refractivity contribution in [1.29, 1.82) is 5.26 Å². The van der Waals surface area contributed by atoms with Crippen molar-refractivity contribution in [2.24, 2.45) is 5.92 Å². The predicted octanol–water partition coefficient (Wildman–Crippen LogP) is 1.83. The lowest BCUT2D eigenvalue weighted by molar-refractivity contribution is 0.192. The summed E-state index contributed by atoms with van der Waals surface area (Å²) in [5.41, 5.74) is 3.47. The molecule has 2 heterocycles. The Kier molecular flexibility index (Phi) is 6.26. The molecule has 28 heavy (non-hydrogen) atoms. The molecule has 0 spiro atoms. The molecule has 1 aliphatic carbocycles. The number of amides is 1. The third-order valence-electron chi connectivity index (χ3n) is 4.95. The van der Waals surface area contributed by atoms with Gasteiger partial charge in [-0.15, -0.1) is 0 Å². The minimum Gasteiger partial charge on any atom is -0.464 e. The second-order valence-electron chi connectivity index (χ2n) is 7.43. The molecule has 0 aromatic carbocycles. The average Bonchev–Trinajstić information content (AvgIpc) is 3.30. The zero-order valence-corrected chi connectivity index (χ0v) is 16.3. The summed E-state index contributed by atoms with van der Waals surface area (Å²) < 4.78 is 1.89. The Labute approximate surface area is 163 Å². The van der Waals surface area contributed by atoms with Gasteiger partial charge in [-0.3, -0.25) is 5.01 Å². The van der Waals surface area contributed by atoms with E-state index in [9.17, 15) is 15.2 Å². The van der Waals surface area contributed by atoms with Crippen LogP contribution in [0.4, 0.5) is 10.6 Å². The first-order valence-corrected chi connectivity index (χ1v) is 9.52. The van der Waals surface area contributed by atoms with Crippen molar-refractivity contribution in [2.45, 2.75) is 38.6 Å². The second-order valence-corrected chi connectivity index (χ2v) is 7.43. The van der Waals surface area contributed by atoms with Crippen LogP contribution in [0.3, 0.4) is 0 Å². The van der Waals surface area contributed by atoms with Crippen LogP contribution in [0.2, 0.25) is 0 Å². The van der Waals surface area contributed by atoms with Crippen LogP contribution < -0.4 is 10.4 Å². The van der Waals surface area contributed by atoms with E-state index in [1.54, 1.807) is 6.33 Å². The maximum atomic E-state index is 11.4. The van der Waals surface area contributed by atoms with E-state index in [1.807, 2.05) is 24.7 Å². The number of hydrazine groups is 1. The van der Waals surface area contributed by atoms with E-state index in [2.05, 4.69) is 25.3 Å². The first-order valence-electron chi connectivity index (χ1n) is 9.52. The van der Waals surface area contributed by atoms with Gasteiger partial charge in [0.15, 0.2) is 17.0 Å². The van der Waals surface area contributed by atoms with Crippen LogP contribution in [-0.4, -0.2) is 62.8 Å². The number of aryl methyl sites for hydroxylation is 1. The number of nitriles is 1. The molecule has 10 heteroatoms. The molecule has 1 saturated carbocycles. The fraction of sp³-hybridized carbons (Fsp3) is 0.611. The highest BCUT2D eigenvalue weighted by Crippen LogP contribution is 2.28. The Balaban J connectivity index is 1.95. The van der Waals surface area contributed by atoms with E-state index in [0.29, 0.717) is 36.0 Å². The molecule has 0 saturated heterocycles. The number of imidazole rings is 1. The molecule has 2 aromatic rings. The number of anilines is 1. The van der Waals surface area contributed by atoms with Crippen LogP contribution in [0.15, 0.2) is 6.33 Å². The summed E-state index contributed by atoms with van der Waals surface area (Å²) in [5, 5.41) is 20.2. The van der Waals surface area contributed by atoms with Crippen molar-refractivity contribution in [1.82, 2.24) is 29.8 Å². The largest absolute Gasteiger partial charge is 0.464 e. The molecule has 0 aliphatic heterocycles. The highest BCUT2D eigenvalue weighted by molar-refractivity contribution is 5.85. The first kappa shape index (κ1) is 19.8. The molecule has 10 nitrogen and oxygen atoms in total. The van der Waals surface area contributed by atoms with Gasteiger partial charge in [-0.2, -0.15) is 15.2 Å². The molecule has 0 atom stereocenters. The van der Waals surface area contributed by atoms with Crippen molar-refractivity contribution in [3.63, 3.8) is 0 Å². The van der Waals surface area contributed by atoms with Crippen LogP contribution in [0.1, 0.15) is 37.9 Å². The molecule has 0 unspecified atom stereocenters. The number of hydrogen-bond acceptors (Lipinski definition) is 7. The van der Waals surface area contributed by atoms with Gasteiger partial charge in [-0.25, -0.2) is 15.2 Å². The summed E-state index contributed by atoms with van der Waals surface area (Å²) in [6, 6.07) is 1.98. The van der Waals surface area contributed by atoms with Crippen LogP contribution in [0.25, 0.3) is 11.2 Å². The Morgan fingerprint density at radius 2 is 2.14 bits per heavy atom. The number of carbonyl (C=O) groups is 1. The van der Waals surface area contributed by atoms with E-state index in [1.165, 1.54) is 5.01 Å². The molecule has 0 radical (unpaired) electrons. The van der Waals surface area contributed by atoms with Crippen LogP contribution >= 0.6 is 0 Å². The zero-order valence-electron chi connectivity index (χ0n) is 16.3. The van der Waals surface area contributed by atoms with Crippen molar-refractivity contribution in [2.75, 3.05) is 32.2 Å². The maximum absolute atomic E-state index is 11.4. The third-order valence-corrected chi connectivity index (χ3v) is 4.95. The molecule has 0 bridgehead atoms. The van der Waals surface area contributed by atoms with Gasteiger partial charge in [-0.05, 0) is 45.8 Å². The first-order chi connectivity index (χ1) is 13.5. The molecule has 3 rings (SSSR count). The van der Waals surface area contributed by atoms with Gasteiger partial charge in [0, 0.05) is 13.1 Å². The van der Waals surface area contributed by atoms with Crippen molar-refractivity contribution >= 4 is 23.1 Å².